The van der Waals surface area contributed by atoms with E-state index in [1.165, 1.54) is 9.36 Å². The molecule has 0 unspecified atom stereocenters. The topological polar surface area (TPSA) is 55.6 Å². The molecule has 13 heteroatoms. The summed E-state index contributed by atoms with van der Waals surface area (Å²) in [5.41, 5.74) is -2.33. The van der Waals surface area contributed by atoms with Crippen molar-refractivity contribution >= 4 is 45.8 Å². The van der Waals surface area contributed by atoms with Gasteiger partial charge in [-0.25, -0.2) is 14.1 Å². The van der Waals surface area contributed by atoms with E-state index in [-0.39, 0.29) is 10.7 Å². The maximum Gasteiger partial charge on any atom is 0.391 e. The molecule has 0 saturated heterocycles. The maximum absolute atomic E-state index is 14.8. The van der Waals surface area contributed by atoms with E-state index in [0.29, 0.717) is 19.5 Å². The molecule has 1 aliphatic rings. The Morgan fingerprint density at radius 2 is 1.69 bits per heavy atom. The van der Waals surface area contributed by atoms with Crippen LogP contribution in [-0.2, 0) is 19.0 Å². The largest absolute Gasteiger partial charge is 0.391 e. The van der Waals surface area contributed by atoms with Gasteiger partial charge in [0.15, 0.2) is 5.82 Å². The quantitative estimate of drug-likeness (QED) is 0.410. The number of nitrogens with one attached hydrogen (secondary N) is 1. The number of benzene rings is 1. The summed E-state index contributed by atoms with van der Waals surface area (Å²) in [6.45, 7) is 0.735. The van der Waals surface area contributed by atoms with Gasteiger partial charge in [-0.2, -0.15) is 17.6 Å². The van der Waals surface area contributed by atoms with Gasteiger partial charge >= 0.3 is 11.3 Å². The lowest BCUT2D eigenvalue weighted by Crippen LogP contribution is -2.33. The fourth-order valence-electron chi connectivity index (χ4n) is 3.36. The molecule has 4 rings (SSSR count). The van der Waals surface area contributed by atoms with Gasteiger partial charge in [0.05, 0.1) is 21.7 Å². The van der Waals surface area contributed by atoms with Gasteiger partial charge < -0.3 is 4.98 Å². The van der Waals surface area contributed by atoms with Gasteiger partial charge in [-0.15, -0.1) is 0 Å². The highest BCUT2D eigenvalue weighted by molar-refractivity contribution is 6.36. The van der Waals surface area contributed by atoms with Crippen LogP contribution in [0.5, 0.6) is 0 Å². The van der Waals surface area contributed by atoms with Crippen LogP contribution < -0.4 is 5.56 Å². The number of nitrogens with zero attached hydrogens (tertiary/aromatic N) is 3. The summed E-state index contributed by atoms with van der Waals surface area (Å²) in [5, 5.41) is -5.50. The first-order chi connectivity index (χ1) is 13.4. The van der Waals surface area contributed by atoms with Crippen LogP contribution >= 0.6 is 34.8 Å². The molecule has 0 aliphatic carbocycles. The zero-order valence-electron chi connectivity index (χ0n) is 14.2. The van der Waals surface area contributed by atoms with Crippen LogP contribution in [0.3, 0.4) is 0 Å². The van der Waals surface area contributed by atoms with Crippen LogP contribution in [-0.4, -0.2) is 24.7 Å². The fourth-order valence-corrected chi connectivity index (χ4v) is 4.04. The molecule has 0 spiro atoms. The van der Waals surface area contributed by atoms with Crippen LogP contribution in [0.1, 0.15) is 18.7 Å². The predicted octanol–water partition coefficient (Wildman–Crippen LogP) is 5.36. The second-order valence-electron chi connectivity index (χ2n) is 6.52. The first kappa shape index (κ1) is 20.5. The Labute approximate surface area is 173 Å². The zero-order valence-corrected chi connectivity index (χ0v) is 16.4. The normalized spacial score (nSPS) is 15.2. The van der Waals surface area contributed by atoms with E-state index in [9.17, 15) is 26.7 Å². The number of imidazole rings is 1. The Hall–Kier alpha value is -1.78. The molecule has 0 bridgehead atoms. The highest BCUT2D eigenvalue weighted by Gasteiger charge is 2.59. The summed E-state index contributed by atoms with van der Waals surface area (Å²) < 4.78 is 71.9. The van der Waals surface area contributed by atoms with Crippen LogP contribution in [0, 0.1) is 5.82 Å². The summed E-state index contributed by atoms with van der Waals surface area (Å²) in [7, 11) is 0. The van der Waals surface area contributed by atoms with Crippen molar-refractivity contribution in [2.75, 3.05) is 0 Å². The Kier molecular flexibility index (Phi) is 4.67. The van der Waals surface area contributed by atoms with Crippen LogP contribution in [0.2, 0.25) is 10.2 Å². The predicted molar refractivity (Wildman–Crippen MR) is 97.7 cm³/mol. The summed E-state index contributed by atoms with van der Waals surface area (Å²) >= 11 is 16.7. The third-order valence-electron chi connectivity index (χ3n) is 4.74. The average Bonchev–Trinajstić information content (AvgIpc) is 3.18. The minimum absolute atomic E-state index is 0.109. The average molecular weight is 476 g/mol. The smallest absolute Gasteiger partial charge is 0.336 e. The van der Waals surface area contributed by atoms with Crippen LogP contribution in [0.25, 0.3) is 22.2 Å². The van der Waals surface area contributed by atoms with Gasteiger partial charge in [-0.3, -0.25) is 9.48 Å². The Bertz CT molecular complexity index is 1190. The number of aromatic amines is 1. The van der Waals surface area contributed by atoms with Gasteiger partial charge in [0.2, 0.25) is 0 Å². The number of rotatable bonds is 3. The maximum atomic E-state index is 14.8. The van der Waals surface area contributed by atoms with Crippen molar-refractivity contribution in [2.45, 2.75) is 37.2 Å². The molecule has 0 saturated carbocycles. The molecule has 0 amide bonds. The van der Waals surface area contributed by atoms with Crippen molar-refractivity contribution in [2.24, 2.45) is 0 Å². The Morgan fingerprint density at radius 3 is 2.28 bits per heavy atom. The fraction of sp³-hybridized carbons (Fsp3) is 0.375. The zero-order chi connectivity index (χ0) is 21.3. The molecule has 3 heterocycles. The second-order valence-corrected chi connectivity index (χ2v) is 7.76. The molecule has 156 valence electrons. The van der Waals surface area contributed by atoms with Crippen LogP contribution in [0.4, 0.5) is 22.0 Å². The summed E-state index contributed by atoms with van der Waals surface area (Å²) in [6.07, 6.45) is 1.43. The van der Waals surface area contributed by atoms with Gasteiger partial charge in [0.1, 0.15) is 16.5 Å². The molecule has 2 aromatic heterocycles. The summed E-state index contributed by atoms with van der Waals surface area (Å²) in [4.78, 5) is 18.2. The van der Waals surface area contributed by atoms with Gasteiger partial charge in [-0.05, 0) is 30.5 Å². The number of aromatic nitrogens is 4. The van der Waals surface area contributed by atoms with Gasteiger partial charge in [0.25, 0.3) is 5.56 Å². The van der Waals surface area contributed by atoms with Gasteiger partial charge in [0, 0.05) is 13.1 Å². The van der Waals surface area contributed by atoms with Crippen molar-refractivity contribution in [3.8, 4) is 11.1 Å². The third-order valence-corrected chi connectivity index (χ3v) is 5.65. The SMILES string of the molecule is O=c1c(-c2c(F)cc(Cl)c3nc(C(F)(F)C(F)(F)Cl)[nH]c23)c(Cl)n2n1CCCC2. The lowest BCUT2D eigenvalue weighted by molar-refractivity contribution is -0.168. The molecular weight excluding hydrogens is 466 g/mol. The van der Waals surface area contributed by atoms with E-state index in [1.54, 1.807) is 0 Å². The highest BCUT2D eigenvalue weighted by atomic mass is 35.5. The molecule has 0 atom stereocenters. The van der Waals surface area contributed by atoms with Crippen molar-refractivity contribution in [1.82, 2.24) is 19.3 Å². The standard InChI is InChI=1S/C16H10Cl3F5N4O/c17-6-5-7(20)8(9-12(18)27-3-1-2-4-28(27)13(9)29)11-10(6)25-14(26-11)15(21,22)16(19,23)24/h5H,1-4H2,(H,25,26). The molecule has 1 N–H and O–H groups in total. The third kappa shape index (κ3) is 2.95. The molecule has 0 radical (unpaired) electrons. The molecule has 29 heavy (non-hydrogen) atoms. The summed E-state index contributed by atoms with van der Waals surface area (Å²) in [5.74, 6) is -7.49. The number of H-pyrrole nitrogens is 1. The molecule has 5 nitrogen and oxygen atoms in total. The summed E-state index contributed by atoms with van der Waals surface area (Å²) in [6, 6.07) is 0.748. The lowest BCUT2D eigenvalue weighted by Gasteiger charge is -2.18. The van der Waals surface area contributed by atoms with Gasteiger partial charge in [-0.1, -0.05) is 23.2 Å². The van der Waals surface area contributed by atoms with Crippen molar-refractivity contribution < 1.29 is 22.0 Å². The second kappa shape index (κ2) is 6.61. The van der Waals surface area contributed by atoms with E-state index >= 15 is 0 Å². The van der Waals surface area contributed by atoms with E-state index in [2.05, 4.69) is 16.6 Å². The van der Waals surface area contributed by atoms with E-state index in [0.717, 1.165) is 12.5 Å². The van der Waals surface area contributed by atoms with Crippen molar-refractivity contribution in [3.05, 3.63) is 38.2 Å². The van der Waals surface area contributed by atoms with Crippen molar-refractivity contribution in [1.29, 1.82) is 0 Å². The Morgan fingerprint density at radius 1 is 1.07 bits per heavy atom. The number of halogens is 8. The minimum Gasteiger partial charge on any atom is -0.336 e. The molecular formula is C16H10Cl3F5N4O. The first-order valence-electron chi connectivity index (χ1n) is 8.27. The molecule has 1 aromatic carbocycles. The van der Waals surface area contributed by atoms with E-state index < -0.39 is 50.1 Å². The molecule has 1 aliphatic heterocycles. The first-order valence-corrected chi connectivity index (χ1v) is 9.40. The number of alkyl halides is 5. The number of fused-ring (bicyclic) bond motifs is 2. The minimum atomic E-state index is -4.97. The number of hydrogen-bond acceptors (Lipinski definition) is 2. The number of hydrogen-bond donors (Lipinski definition) is 1. The lowest BCUT2D eigenvalue weighted by atomic mass is 10.1. The monoisotopic (exact) mass is 474 g/mol. The highest BCUT2D eigenvalue weighted by Crippen LogP contribution is 2.46. The molecule has 3 aromatic rings. The van der Waals surface area contributed by atoms with E-state index in [1.807, 2.05) is 4.98 Å². The Balaban J connectivity index is 2.05. The van der Waals surface area contributed by atoms with E-state index in [4.69, 9.17) is 23.2 Å². The van der Waals surface area contributed by atoms with Crippen LogP contribution in [0.15, 0.2) is 10.9 Å². The van der Waals surface area contributed by atoms with Crippen molar-refractivity contribution in [3.63, 3.8) is 0 Å². The molecule has 0 fully saturated rings.